The highest BCUT2D eigenvalue weighted by Gasteiger charge is 2.16. The number of aromatic nitrogens is 1. The molecule has 1 aromatic carbocycles. The molecular formula is C22H25N3O4. The third-order valence-electron chi connectivity index (χ3n) is 3.92. The molecule has 0 aliphatic carbocycles. The van der Waals surface area contributed by atoms with Gasteiger partial charge in [0.25, 0.3) is 0 Å². The van der Waals surface area contributed by atoms with Gasteiger partial charge in [0.15, 0.2) is 0 Å². The maximum Gasteiger partial charge on any atom is 0.337 e. The second-order valence-electron chi connectivity index (χ2n) is 7.46. The highest BCUT2D eigenvalue weighted by atomic mass is 16.6. The van der Waals surface area contributed by atoms with Crippen LogP contribution in [0.3, 0.4) is 0 Å². The summed E-state index contributed by atoms with van der Waals surface area (Å²) in [6.07, 6.45) is 3.62. The molecule has 7 heteroatoms. The SMILES string of the molecule is COC(=O)c1ccc(C#N)c(-c2cncc(CNCCC(=O)OC(C)(C)C)c2)c1. The molecule has 0 saturated carbocycles. The van der Waals surface area contributed by atoms with Gasteiger partial charge in [0.2, 0.25) is 0 Å². The van der Waals surface area contributed by atoms with Gasteiger partial charge in [0, 0.05) is 36.6 Å². The van der Waals surface area contributed by atoms with E-state index in [0.717, 1.165) is 11.1 Å². The lowest BCUT2D eigenvalue weighted by atomic mass is 9.98. The Morgan fingerprint density at radius 1 is 1.21 bits per heavy atom. The lowest BCUT2D eigenvalue weighted by molar-refractivity contribution is -0.154. The molecule has 0 fully saturated rings. The van der Waals surface area contributed by atoms with E-state index in [-0.39, 0.29) is 12.4 Å². The van der Waals surface area contributed by atoms with E-state index in [2.05, 4.69) is 16.4 Å². The minimum absolute atomic E-state index is 0.254. The van der Waals surface area contributed by atoms with Crippen molar-refractivity contribution in [3.05, 3.63) is 53.3 Å². The van der Waals surface area contributed by atoms with Crippen molar-refractivity contribution in [1.82, 2.24) is 10.3 Å². The molecule has 0 amide bonds. The van der Waals surface area contributed by atoms with E-state index < -0.39 is 11.6 Å². The first-order valence-electron chi connectivity index (χ1n) is 9.23. The van der Waals surface area contributed by atoms with Crippen LogP contribution in [0.5, 0.6) is 0 Å². The molecule has 0 atom stereocenters. The lowest BCUT2D eigenvalue weighted by Crippen LogP contribution is -2.26. The van der Waals surface area contributed by atoms with Crippen LogP contribution in [0.1, 0.15) is 48.7 Å². The van der Waals surface area contributed by atoms with Gasteiger partial charge in [0.05, 0.1) is 30.7 Å². The molecule has 1 aromatic heterocycles. The van der Waals surface area contributed by atoms with Crippen LogP contribution in [-0.4, -0.2) is 36.2 Å². The molecule has 2 rings (SSSR count). The number of nitrogens with one attached hydrogen (secondary N) is 1. The van der Waals surface area contributed by atoms with E-state index in [9.17, 15) is 14.9 Å². The lowest BCUT2D eigenvalue weighted by Gasteiger charge is -2.19. The summed E-state index contributed by atoms with van der Waals surface area (Å²) < 4.78 is 10.0. The van der Waals surface area contributed by atoms with E-state index in [1.54, 1.807) is 30.6 Å². The largest absolute Gasteiger partial charge is 0.465 e. The summed E-state index contributed by atoms with van der Waals surface area (Å²) in [6, 6.07) is 8.80. The fourth-order valence-corrected chi connectivity index (χ4v) is 2.67. The maximum atomic E-state index is 11.8. The van der Waals surface area contributed by atoms with Crippen molar-refractivity contribution in [2.75, 3.05) is 13.7 Å². The Hall–Kier alpha value is -3.24. The predicted molar refractivity (Wildman–Crippen MR) is 108 cm³/mol. The number of ether oxygens (including phenoxy) is 2. The van der Waals surface area contributed by atoms with Crippen LogP contribution in [0.4, 0.5) is 0 Å². The predicted octanol–water partition coefficient (Wildman–Crippen LogP) is 3.23. The zero-order valence-electron chi connectivity index (χ0n) is 17.1. The Morgan fingerprint density at radius 2 is 1.97 bits per heavy atom. The van der Waals surface area contributed by atoms with Crippen LogP contribution >= 0.6 is 0 Å². The second kappa shape index (κ2) is 9.80. The van der Waals surface area contributed by atoms with Gasteiger partial charge < -0.3 is 14.8 Å². The van der Waals surface area contributed by atoms with Gasteiger partial charge in [-0.15, -0.1) is 0 Å². The molecule has 1 N–H and O–H groups in total. The normalized spacial score (nSPS) is 10.9. The average Bonchev–Trinajstić information content (AvgIpc) is 2.69. The second-order valence-corrected chi connectivity index (χ2v) is 7.46. The molecular weight excluding hydrogens is 370 g/mol. The Balaban J connectivity index is 2.07. The van der Waals surface area contributed by atoms with Gasteiger partial charge in [-0.25, -0.2) is 4.79 Å². The number of carbonyl (C=O) groups is 2. The first kappa shape index (κ1) is 22.1. The van der Waals surface area contributed by atoms with Crippen molar-refractivity contribution < 1.29 is 19.1 Å². The molecule has 0 aliphatic rings. The summed E-state index contributed by atoms with van der Waals surface area (Å²) in [5.74, 6) is -0.723. The van der Waals surface area contributed by atoms with Crippen LogP contribution in [0, 0.1) is 11.3 Å². The molecule has 0 spiro atoms. The highest BCUT2D eigenvalue weighted by Crippen LogP contribution is 2.25. The van der Waals surface area contributed by atoms with Gasteiger partial charge in [-0.2, -0.15) is 5.26 Å². The van der Waals surface area contributed by atoms with Gasteiger partial charge in [0.1, 0.15) is 5.60 Å². The van der Waals surface area contributed by atoms with E-state index in [1.165, 1.54) is 7.11 Å². The number of methoxy groups -OCH3 is 1. The number of carbonyl (C=O) groups excluding carboxylic acids is 2. The number of hydrogen-bond acceptors (Lipinski definition) is 7. The van der Waals surface area contributed by atoms with Crippen molar-refractivity contribution in [3.8, 4) is 17.2 Å². The van der Waals surface area contributed by atoms with E-state index in [4.69, 9.17) is 9.47 Å². The number of rotatable bonds is 7. The van der Waals surface area contributed by atoms with Gasteiger partial charge in [-0.3, -0.25) is 9.78 Å². The van der Waals surface area contributed by atoms with Crippen molar-refractivity contribution in [2.24, 2.45) is 0 Å². The van der Waals surface area contributed by atoms with E-state index in [0.29, 0.717) is 29.8 Å². The summed E-state index contributed by atoms with van der Waals surface area (Å²) in [5, 5.41) is 12.6. The topological polar surface area (TPSA) is 101 Å². The fraction of sp³-hybridized carbons (Fsp3) is 0.364. The minimum Gasteiger partial charge on any atom is -0.465 e. The molecule has 0 bridgehead atoms. The third-order valence-corrected chi connectivity index (χ3v) is 3.92. The van der Waals surface area contributed by atoms with E-state index in [1.807, 2.05) is 26.8 Å². The number of nitrogens with zero attached hydrogens (tertiary/aromatic N) is 2. The molecule has 0 unspecified atom stereocenters. The van der Waals surface area contributed by atoms with Gasteiger partial charge >= 0.3 is 11.9 Å². The first-order valence-corrected chi connectivity index (χ1v) is 9.23. The standard InChI is InChI=1S/C22H25N3O4/c1-22(2,3)29-20(26)7-8-24-12-15-9-18(14-25-13-15)19-10-16(21(27)28-4)5-6-17(19)11-23/h5-6,9-10,13-14,24H,7-8,12H2,1-4H3. The molecule has 29 heavy (non-hydrogen) atoms. The summed E-state index contributed by atoms with van der Waals surface area (Å²) in [5.41, 5.74) is 2.53. The van der Waals surface area contributed by atoms with Gasteiger partial charge in [-0.1, -0.05) is 0 Å². The molecule has 152 valence electrons. The van der Waals surface area contributed by atoms with Crippen LogP contribution in [0.2, 0.25) is 0 Å². The zero-order chi connectivity index (χ0) is 21.4. The quantitative estimate of drug-likeness (QED) is 0.567. The summed E-state index contributed by atoms with van der Waals surface area (Å²) in [4.78, 5) is 27.8. The number of benzene rings is 1. The summed E-state index contributed by atoms with van der Waals surface area (Å²) in [6.45, 7) is 6.48. The minimum atomic E-state index is -0.494. The number of pyridine rings is 1. The Labute approximate surface area is 170 Å². The Kier molecular flexibility index (Phi) is 7.46. The first-order chi connectivity index (χ1) is 13.7. The van der Waals surface area contributed by atoms with Crippen LogP contribution in [-0.2, 0) is 20.8 Å². The number of esters is 2. The fourth-order valence-electron chi connectivity index (χ4n) is 2.67. The van der Waals surface area contributed by atoms with Crippen LogP contribution in [0.15, 0.2) is 36.7 Å². The third kappa shape index (κ3) is 6.70. The molecule has 0 saturated heterocycles. The van der Waals surface area contributed by atoms with E-state index >= 15 is 0 Å². The molecule has 0 aliphatic heterocycles. The summed E-state index contributed by atoms with van der Waals surface area (Å²) in [7, 11) is 1.31. The van der Waals surface area contributed by atoms with Crippen molar-refractivity contribution >= 4 is 11.9 Å². The maximum absolute atomic E-state index is 11.8. The highest BCUT2D eigenvalue weighted by molar-refractivity contribution is 5.91. The smallest absolute Gasteiger partial charge is 0.337 e. The zero-order valence-corrected chi connectivity index (χ0v) is 17.1. The monoisotopic (exact) mass is 395 g/mol. The van der Waals surface area contributed by atoms with Crippen LogP contribution < -0.4 is 5.32 Å². The number of nitriles is 1. The molecule has 7 nitrogen and oxygen atoms in total. The van der Waals surface area contributed by atoms with Crippen molar-refractivity contribution in [2.45, 2.75) is 39.3 Å². The molecule has 0 radical (unpaired) electrons. The summed E-state index contributed by atoms with van der Waals surface area (Å²) >= 11 is 0. The van der Waals surface area contributed by atoms with Gasteiger partial charge in [-0.05, 0) is 50.6 Å². The average molecular weight is 395 g/mol. The molecule has 2 aromatic rings. The Morgan fingerprint density at radius 3 is 2.62 bits per heavy atom. The van der Waals surface area contributed by atoms with Crippen molar-refractivity contribution in [1.29, 1.82) is 5.26 Å². The molecule has 1 heterocycles. The Bertz CT molecular complexity index is 926. The number of hydrogen-bond donors (Lipinski definition) is 1. The van der Waals surface area contributed by atoms with Crippen molar-refractivity contribution in [3.63, 3.8) is 0 Å². The van der Waals surface area contributed by atoms with Crippen LogP contribution in [0.25, 0.3) is 11.1 Å².